The summed E-state index contributed by atoms with van der Waals surface area (Å²) in [5, 5.41) is 1.60. The third-order valence-electron chi connectivity index (χ3n) is 3.94. The minimum absolute atomic E-state index is 0.166. The fraction of sp³-hybridized carbons (Fsp3) is 0.222. The van der Waals surface area contributed by atoms with Crippen LogP contribution < -0.4 is 19.8 Å². The first-order valence-electron chi connectivity index (χ1n) is 8.07. The first kappa shape index (κ1) is 18.9. The summed E-state index contributed by atoms with van der Waals surface area (Å²) < 4.78 is 39.0. The molecule has 0 saturated heterocycles. The number of methoxy groups -OCH3 is 2. The molecular formula is C18H21N3O5S. The second kappa shape index (κ2) is 7.37. The van der Waals surface area contributed by atoms with E-state index in [2.05, 4.69) is 10.3 Å². The number of rotatable bonds is 6. The molecule has 0 saturated carbocycles. The van der Waals surface area contributed by atoms with E-state index >= 15 is 0 Å². The van der Waals surface area contributed by atoms with Gasteiger partial charge in [0.2, 0.25) is 0 Å². The van der Waals surface area contributed by atoms with Crippen LogP contribution in [0.2, 0.25) is 0 Å². The molecule has 0 spiro atoms. The summed E-state index contributed by atoms with van der Waals surface area (Å²) in [4.78, 5) is 5.58. The van der Waals surface area contributed by atoms with Crippen molar-refractivity contribution < 1.29 is 22.7 Å². The van der Waals surface area contributed by atoms with Crippen molar-refractivity contribution >= 4 is 21.5 Å². The number of hydrogen-bond acceptors (Lipinski definition) is 7. The van der Waals surface area contributed by atoms with Gasteiger partial charge in [-0.3, -0.25) is 9.73 Å². The van der Waals surface area contributed by atoms with Gasteiger partial charge in [0.05, 0.1) is 31.0 Å². The highest BCUT2D eigenvalue weighted by molar-refractivity contribution is 7.92. The normalized spacial score (nSPS) is 13.8. The zero-order chi connectivity index (χ0) is 19.6. The van der Waals surface area contributed by atoms with Gasteiger partial charge in [-0.15, -0.1) is 0 Å². The van der Waals surface area contributed by atoms with Crippen LogP contribution in [-0.4, -0.2) is 34.7 Å². The molecule has 0 atom stereocenters. The predicted molar refractivity (Wildman–Crippen MR) is 101 cm³/mol. The third-order valence-corrected chi connectivity index (χ3v) is 5.31. The van der Waals surface area contributed by atoms with E-state index in [1.54, 1.807) is 42.5 Å². The van der Waals surface area contributed by atoms with E-state index in [1.165, 1.54) is 20.3 Å². The number of hydrazine groups is 1. The van der Waals surface area contributed by atoms with Crippen LogP contribution in [0.25, 0.3) is 5.76 Å². The summed E-state index contributed by atoms with van der Waals surface area (Å²) in [6.07, 6.45) is 1.69. The van der Waals surface area contributed by atoms with E-state index in [9.17, 15) is 8.42 Å². The molecule has 0 radical (unpaired) electrons. The van der Waals surface area contributed by atoms with Gasteiger partial charge in [-0.1, -0.05) is 17.7 Å². The highest BCUT2D eigenvalue weighted by Crippen LogP contribution is 2.38. The fourth-order valence-electron chi connectivity index (χ4n) is 2.63. The standard InChI is InChI=1S/C18H21N3O5S/c1-12-6-5-7-13(8-12)27(22,23)19-15-10-17(25-4)16(24-3)9-14(15)18-11-21(2)20-26-18/h5-11,19-20H,1-4H3. The van der Waals surface area contributed by atoms with Crippen LogP contribution in [0.5, 0.6) is 11.5 Å². The van der Waals surface area contributed by atoms with Crippen LogP contribution in [0, 0.1) is 6.92 Å². The molecule has 0 amide bonds. The van der Waals surface area contributed by atoms with Gasteiger partial charge in [0.25, 0.3) is 10.0 Å². The molecule has 0 fully saturated rings. The lowest BCUT2D eigenvalue weighted by Gasteiger charge is -2.16. The van der Waals surface area contributed by atoms with Crippen molar-refractivity contribution in [2.45, 2.75) is 11.8 Å². The van der Waals surface area contributed by atoms with Crippen LogP contribution in [0.4, 0.5) is 5.69 Å². The first-order chi connectivity index (χ1) is 12.8. The highest BCUT2D eigenvalue weighted by Gasteiger charge is 2.23. The summed E-state index contributed by atoms with van der Waals surface area (Å²) in [6, 6.07) is 9.88. The van der Waals surface area contributed by atoms with Gasteiger partial charge in [-0.25, -0.2) is 8.42 Å². The third kappa shape index (κ3) is 3.93. The van der Waals surface area contributed by atoms with Crippen molar-refractivity contribution in [2.75, 3.05) is 26.0 Å². The van der Waals surface area contributed by atoms with E-state index in [0.29, 0.717) is 28.5 Å². The molecule has 0 unspecified atom stereocenters. The maximum atomic E-state index is 12.9. The topological polar surface area (TPSA) is 89.1 Å². The number of ether oxygens (including phenoxy) is 2. The van der Waals surface area contributed by atoms with E-state index in [4.69, 9.17) is 14.3 Å². The molecule has 2 N–H and O–H groups in total. The average Bonchev–Trinajstić information content (AvgIpc) is 3.07. The van der Waals surface area contributed by atoms with Gasteiger partial charge in [0.1, 0.15) is 0 Å². The van der Waals surface area contributed by atoms with Crippen molar-refractivity contribution in [1.29, 1.82) is 0 Å². The van der Waals surface area contributed by atoms with E-state index in [-0.39, 0.29) is 4.90 Å². The molecule has 8 nitrogen and oxygen atoms in total. The summed E-state index contributed by atoms with van der Waals surface area (Å²) in [5.74, 6) is 1.27. The molecule has 1 aliphatic rings. The Morgan fingerprint density at radius 1 is 1.11 bits per heavy atom. The molecule has 1 heterocycles. The summed E-state index contributed by atoms with van der Waals surface area (Å²) in [6.45, 7) is 1.83. The number of benzene rings is 2. The molecule has 27 heavy (non-hydrogen) atoms. The van der Waals surface area contributed by atoms with Crippen molar-refractivity contribution in [2.24, 2.45) is 0 Å². The largest absolute Gasteiger partial charge is 0.493 e. The molecule has 2 aromatic rings. The molecule has 144 valence electrons. The molecular weight excluding hydrogens is 370 g/mol. The molecule has 1 aliphatic heterocycles. The molecule has 2 aromatic carbocycles. The molecule has 9 heteroatoms. The Labute approximate surface area is 158 Å². The zero-order valence-electron chi connectivity index (χ0n) is 15.4. The highest BCUT2D eigenvalue weighted by atomic mass is 32.2. The smallest absolute Gasteiger partial charge is 0.261 e. The lowest BCUT2D eigenvalue weighted by Crippen LogP contribution is -2.22. The van der Waals surface area contributed by atoms with Crippen molar-refractivity contribution in [3.63, 3.8) is 0 Å². The van der Waals surface area contributed by atoms with Gasteiger partial charge in [0, 0.05) is 18.7 Å². The van der Waals surface area contributed by atoms with Gasteiger partial charge >= 0.3 is 0 Å². The van der Waals surface area contributed by atoms with Crippen molar-refractivity contribution in [3.05, 3.63) is 53.7 Å². The van der Waals surface area contributed by atoms with Gasteiger partial charge in [0.15, 0.2) is 17.3 Å². The lowest BCUT2D eigenvalue weighted by molar-refractivity contribution is 0.0650. The van der Waals surface area contributed by atoms with Crippen LogP contribution >= 0.6 is 0 Å². The van der Waals surface area contributed by atoms with Gasteiger partial charge in [-0.05, 0) is 30.7 Å². The molecule has 0 bridgehead atoms. The number of anilines is 1. The van der Waals surface area contributed by atoms with E-state index < -0.39 is 10.0 Å². The number of aryl methyl sites for hydroxylation is 1. The van der Waals surface area contributed by atoms with Crippen LogP contribution in [0.15, 0.2) is 47.5 Å². The molecule has 0 aromatic heterocycles. The zero-order valence-corrected chi connectivity index (χ0v) is 16.3. The Kier molecular flexibility index (Phi) is 5.15. The maximum Gasteiger partial charge on any atom is 0.261 e. The number of nitrogens with zero attached hydrogens (tertiary/aromatic N) is 1. The van der Waals surface area contributed by atoms with Crippen LogP contribution in [-0.2, 0) is 14.9 Å². The van der Waals surface area contributed by atoms with Gasteiger partial charge < -0.3 is 14.3 Å². The quantitative estimate of drug-likeness (QED) is 0.782. The Hall–Kier alpha value is -2.91. The lowest BCUT2D eigenvalue weighted by atomic mass is 10.1. The monoisotopic (exact) mass is 391 g/mol. The predicted octanol–water partition coefficient (Wildman–Crippen LogP) is 2.49. The van der Waals surface area contributed by atoms with Crippen molar-refractivity contribution in [1.82, 2.24) is 10.6 Å². The minimum Gasteiger partial charge on any atom is -0.493 e. The summed E-state index contributed by atoms with van der Waals surface area (Å²) in [7, 11) is 0.935. The van der Waals surface area contributed by atoms with E-state index in [1.807, 2.05) is 13.0 Å². The second-order valence-electron chi connectivity index (χ2n) is 5.97. The number of nitrogens with one attached hydrogen (secondary N) is 2. The maximum absolute atomic E-state index is 12.9. The Balaban J connectivity index is 2.09. The minimum atomic E-state index is -3.81. The van der Waals surface area contributed by atoms with Gasteiger partial charge in [-0.2, -0.15) is 0 Å². The van der Waals surface area contributed by atoms with Crippen molar-refractivity contribution in [3.8, 4) is 11.5 Å². The Bertz CT molecular complexity index is 988. The SMILES string of the molecule is COc1cc(NS(=O)(=O)c2cccc(C)c2)c(C2=CN(C)NO2)cc1OC. The fourth-order valence-corrected chi connectivity index (χ4v) is 3.80. The number of sulfonamides is 1. The molecule has 0 aliphatic carbocycles. The second-order valence-corrected chi connectivity index (χ2v) is 7.65. The molecule has 3 rings (SSSR count). The average molecular weight is 391 g/mol. The Morgan fingerprint density at radius 3 is 2.41 bits per heavy atom. The number of hydrogen-bond donors (Lipinski definition) is 2. The first-order valence-corrected chi connectivity index (χ1v) is 9.55. The van der Waals surface area contributed by atoms with Crippen LogP contribution in [0.3, 0.4) is 0 Å². The van der Waals surface area contributed by atoms with Crippen LogP contribution in [0.1, 0.15) is 11.1 Å². The van der Waals surface area contributed by atoms with E-state index in [0.717, 1.165) is 5.56 Å². The Morgan fingerprint density at radius 2 is 1.81 bits per heavy atom. The summed E-state index contributed by atoms with van der Waals surface area (Å²) >= 11 is 0. The summed E-state index contributed by atoms with van der Waals surface area (Å²) in [5.41, 5.74) is 4.30.